The van der Waals surface area contributed by atoms with Crippen LogP contribution in [-0.2, 0) is 0 Å². The highest BCUT2D eigenvalue weighted by Gasteiger charge is 2.12. The number of benzene rings is 2. The molecule has 0 radical (unpaired) electrons. The maximum absolute atomic E-state index is 12.5. The molecule has 0 saturated heterocycles. The second-order valence-corrected chi connectivity index (χ2v) is 6.32. The van der Waals surface area contributed by atoms with E-state index in [9.17, 15) is 9.59 Å². The number of nitrogens with zero attached hydrogens (tertiary/aromatic N) is 4. The average molecular weight is 388 g/mol. The van der Waals surface area contributed by atoms with Crippen LogP contribution in [0, 0.1) is 0 Å². The predicted molar refractivity (Wildman–Crippen MR) is 115 cm³/mol. The Labute approximate surface area is 167 Å². The van der Waals surface area contributed by atoms with Crippen LogP contribution in [0.3, 0.4) is 0 Å². The normalized spacial score (nSPS) is 10.8. The number of allylic oxidation sites excluding steroid dienone is 1. The molecule has 0 saturated carbocycles. The van der Waals surface area contributed by atoms with Crippen LogP contribution in [0.25, 0.3) is 27.5 Å². The Morgan fingerprint density at radius 3 is 2.52 bits per heavy atom. The first kappa shape index (κ1) is 19.9. The van der Waals surface area contributed by atoms with Crippen molar-refractivity contribution in [1.82, 2.24) is 0 Å². The minimum Gasteiger partial charge on any atom is -0.422 e. The monoisotopic (exact) mass is 388 g/mol. The summed E-state index contributed by atoms with van der Waals surface area (Å²) < 4.78 is 5.40. The quantitative estimate of drug-likeness (QED) is 0.134. The SMILES string of the molecule is CCN(CC)c1ccc2cc(C(=O)/C=C/c3ccc(N=[N+]=[N-])cc3)c(=O)oc2c1. The molecule has 0 unspecified atom stereocenters. The van der Waals surface area contributed by atoms with E-state index in [0.717, 1.165) is 24.3 Å². The van der Waals surface area contributed by atoms with E-state index in [4.69, 9.17) is 9.95 Å². The van der Waals surface area contributed by atoms with E-state index in [1.807, 2.05) is 18.2 Å². The zero-order valence-corrected chi connectivity index (χ0v) is 16.2. The lowest BCUT2D eigenvalue weighted by Gasteiger charge is -2.20. The summed E-state index contributed by atoms with van der Waals surface area (Å²) in [6.07, 6.45) is 2.92. The summed E-state index contributed by atoms with van der Waals surface area (Å²) in [5.74, 6) is -0.437. The smallest absolute Gasteiger partial charge is 0.347 e. The lowest BCUT2D eigenvalue weighted by Crippen LogP contribution is -2.21. The Balaban J connectivity index is 1.87. The fraction of sp³-hybridized carbons (Fsp3) is 0.182. The minimum absolute atomic E-state index is 0.0185. The largest absolute Gasteiger partial charge is 0.422 e. The average Bonchev–Trinajstić information content (AvgIpc) is 2.73. The molecule has 1 heterocycles. The highest BCUT2D eigenvalue weighted by Crippen LogP contribution is 2.22. The molecule has 0 aliphatic carbocycles. The molecule has 0 amide bonds. The van der Waals surface area contributed by atoms with Crippen LogP contribution < -0.4 is 10.5 Å². The second kappa shape index (κ2) is 8.91. The molecule has 0 fully saturated rings. The van der Waals surface area contributed by atoms with Crippen LogP contribution in [0.4, 0.5) is 11.4 Å². The number of fused-ring (bicyclic) bond motifs is 1. The molecule has 29 heavy (non-hydrogen) atoms. The molecule has 1 aromatic heterocycles. The Morgan fingerprint density at radius 2 is 1.86 bits per heavy atom. The predicted octanol–water partition coefficient (Wildman–Crippen LogP) is 5.48. The molecule has 3 aromatic rings. The van der Waals surface area contributed by atoms with Crippen molar-refractivity contribution in [2.24, 2.45) is 5.11 Å². The molecule has 2 aromatic carbocycles. The van der Waals surface area contributed by atoms with Gasteiger partial charge in [-0.2, -0.15) is 0 Å². The molecule has 0 N–H and O–H groups in total. The molecule has 146 valence electrons. The third-order valence-electron chi connectivity index (χ3n) is 4.59. The van der Waals surface area contributed by atoms with Gasteiger partial charge in [-0.3, -0.25) is 4.79 Å². The zero-order chi connectivity index (χ0) is 20.8. The molecule has 0 aliphatic rings. The number of rotatable bonds is 7. The molecule has 0 bridgehead atoms. The summed E-state index contributed by atoms with van der Waals surface area (Å²) in [7, 11) is 0. The summed E-state index contributed by atoms with van der Waals surface area (Å²) in [4.78, 5) is 29.7. The number of azide groups is 1. The summed E-state index contributed by atoms with van der Waals surface area (Å²) in [6, 6.07) is 13.9. The van der Waals surface area contributed by atoms with Gasteiger partial charge in [0, 0.05) is 40.8 Å². The van der Waals surface area contributed by atoms with Crippen LogP contribution in [-0.4, -0.2) is 18.9 Å². The van der Waals surface area contributed by atoms with Crippen molar-refractivity contribution in [2.45, 2.75) is 13.8 Å². The van der Waals surface area contributed by atoms with Gasteiger partial charge in [-0.25, -0.2) is 4.79 Å². The van der Waals surface area contributed by atoms with Crippen molar-refractivity contribution in [1.29, 1.82) is 0 Å². The highest BCUT2D eigenvalue weighted by molar-refractivity contribution is 6.07. The molecule has 7 nitrogen and oxygen atoms in total. The molecule has 3 rings (SSSR count). The molecular weight excluding hydrogens is 368 g/mol. The van der Waals surface area contributed by atoms with Gasteiger partial charge in [0.1, 0.15) is 11.1 Å². The van der Waals surface area contributed by atoms with E-state index < -0.39 is 11.4 Å². The lowest BCUT2D eigenvalue weighted by atomic mass is 10.1. The molecule has 0 spiro atoms. The van der Waals surface area contributed by atoms with Crippen molar-refractivity contribution >= 4 is 34.2 Å². The number of carbonyl (C=O) groups excluding carboxylic acids is 1. The van der Waals surface area contributed by atoms with Gasteiger partial charge < -0.3 is 9.32 Å². The van der Waals surface area contributed by atoms with E-state index >= 15 is 0 Å². The van der Waals surface area contributed by atoms with E-state index in [1.165, 1.54) is 6.08 Å². The zero-order valence-electron chi connectivity index (χ0n) is 16.2. The van der Waals surface area contributed by atoms with Gasteiger partial charge in [0.15, 0.2) is 5.78 Å². The van der Waals surface area contributed by atoms with Gasteiger partial charge >= 0.3 is 5.63 Å². The Kier molecular flexibility index (Phi) is 6.12. The number of anilines is 1. The van der Waals surface area contributed by atoms with Gasteiger partial charge in [-0.1, -0.05) is 35.5 Å². The van der Waals surface area contributed by atoms with Crippen molar-refractivity contribution < 1.29 is 9.21 Å². The van der Waals surface area contributed by atoms with E-state index in [1.54, 1.807) is 36.4 Å². The maximum atomic E-state index is 12.5. The van der Waals surface area contributed by atoms with Gasteiger partial charge in [0.2, 0.25) is 0 Å². The summed E-state index contributed by atoms with van der Waals surface area (Å²) in [5, 5.41) is 4.18. The Hall–Kier alpha value is -3.83. The number of hydrogen-bond donors (Lipinski definition) is 0. The van der Waals surface area contributed by atoms with Crippen molar-refractivity contribution in [2.75, 3.05) is 18.0 Å². The lowest BCUT2D eigenvalue weighted by molar-refractivity contribution is 0.104. The number of ketones is 1. The van der Waals surface area contributed by atoms with Crippen molar-refractivity contribution in [3.05, 3.63) is 86.6 Å². The number of hydrogen-bond acceptors (Lipinski definition) is 5. The van der Waals surface area contributed by atoms with Gasteiger partial charge in [0.05, 0.1) is 0 Å². The van der Waals surface area contributed by atoms with Crippen LogP contribution in [0.1, 0.15) is 29.8 Å². The fourth-order valence-corrected chi connectivity index (χ4v) is 3.02. The fourth-order valence-electron chi connectivity index (χ4n) is 3.02. The number of carbonyl (C=O) groups is 1. The molecule has 7 heteroatoms. The molecular formula is C22H20N4O3. The first-order valence-electron chi connectivity index (χ1n) is 9.26. The third kappa shape index (κ3) is 4.54. The van der Waals surface area contributed by atoms with E-state index in [0.29, 0.717) is 16.7 Å². The van der Waals surface area contributed by atoms with Crippen molar-refractivity contribution in [3.63, 3.8) is 0 Å². The van der Waals surface area contributed by atoms with Crippen LogP contribution in [0.15, 0.2) is 68.9 Å². The summed E-state index contributed by atoms with van der Waals surface area (Å²) >= 11 is 0. The molecule has 0 atom stereocenters. The van der Waals surface area contributed by atoms with Crippen LogP contribution >= 0.6 is 0 Å². The van der Waals surface area contributed by atoms with Gasteiger partial charge in [-0.05, 0) is 49.2 Å². The maximum Gasteiger partial charge on any atom is 0.347 e. The standard InChI is InChI=1S/C22H20N4O3/c1-3-26(4-2)18-11-8-16-13-19(22(28)29-21(16)14-18)20(27)12-7-15-5-9-17(10-6-15)24-25-23/h5-14H,3-4H2,1-2H3/b12-7+. The van der Waals surface area contributed by atoms with Gasteiger partial charge in [-0.15, -0.1) is 0 Å². The second-order valence-electron chi connectivity index (χ2n) is 6.32. The minimum atomic E-state index is -0.664. The first-order chi connectivity index (χ1) is 14.0. The highest BCUT2D eigenvalue weighted by atomic mass is 16.4. The van der Waals surface area contributed by atoms with E-state index in [-0.39, 0.29) is 5.56 Å². The summed E-state index contributed by atoms with van der Waals surface area (Å²) in [6.45, 7) is 5.80. The topological polar surface area (TPSA) is 99.3 Å². The van der Waals surface area contributed by atoms with Crippen LogP contribution in [0.2, 0.25) is 0 Å². The van der Waals surface area contributed by atoms with Crippen LogP contribution in [0.5, 0.6) is 0 Å². The molecule has 0 aliphatic heterocycles. The van der Waals surface area contributed by atoms with Crippen molar-refractivity contribution in [3.8, 4) is 0 Å². The summed E-state index contributed by atoms with van der Waals surface area (Å²) in [5.41, 5.74) is 10.4. The Morgan fingerprint density at radius 1 is 1.14 bits per heavy atom. The first-order valence-corrected chi connectivity index (χ1v) is 9.26. The third-order valence-corrected chi connectivity index (χ3v) is 4.59. The Bertz CT molecular complexity index is 1170. The van der Waals surface area contributed by atoms with Gasteiger partial charge in [0.25, 0.3) is 0 Å². The van der Waals surface area contributed by atoms with E-state index in [2.05, 4.69) is 28.8 Å².